The summed E-state index contributed by atoms with van der Waals surface area (Å²) in [5.41, 5.74) is 3.81. The third-order valence-electron chi connectivity index (χ3n) is 3.73. The molecule has 2 rings (SSSR count). The van der Waals surface area contributed by atoms with E-state index in [1.54, 1.807) is 0 Å². The number of rotatable bonds is 5. The van der Waals surface area contributed by atoms with Crippen LogP contribution in [-0.4, -0.2) is 18.8 Å². The minimum atomic E-state index is 0.424. The summed E-state index contributed by atoms with van der Waals surface area (Å²) in [6.07, 6.45) is 2.89. The lowest BCUT2D eigenvalue weighted by atomic mass is 9.99. The molecule has 1 aliphatic rings. The molecular formula is C16H21NO2. The van der Waals surface area contributed by atoms with Crippen molar-refractivity contribution in [2.24, 2.45) is 0 Å². The Labute approximate surface area is 115 Å². The number of hydrogen-bond donors (Lipinski definition) is 0. The van der Waals surface area contributed by atoms with Crippen molar-refractivity contribution >= 4 is 0 Å². The fourth-order valence-electron chi connectivity index (χ4n) is 2.55. The van der Waals surface area contributed by atoms with Gasteiger partial charge in [-0.15, -0.1) is 0 Å². The van der Waals surface area contributed by atoms with E-state index in [4.69, 9.17) is 9.47 Å². The lowest BCUT2D eigenvalue weighted by Gasteiger charge is -2.14. The molecule has 0 saturated carbocycles. The van der Waals surface area contributed by atoms with Crippen LogP contribution in [0, 0.1) is 32.1 Å². The number of nitriles is 1. The first-order valence-corrected chi connectivity index (χ1v) is 6.83. The minimum Gasteiger partial charge on any atom is -0.493 e. The molecular weight excluding hydrogens is 238 g/mol. The van der Waals surface area contributed by atoms with E-state index >= 15 is 0 Å². The highest BCUT2D eigenvalue weighted by atomic mass is 16.6. The van der Waals surface area contributed by atoms with E-state index in [1.165, 1.54) is 0 Å². The molecule has 0 N–H and O–H groups in total. The second kappa shape index (κ2) is 5.63. The number of nitrogens with zero attached hydrogens (tertiary/aromatic N) is 1. The van der Waals surface area contributed by atoms with E-state index < -0.39 is 0 Å². The first-order valence-electron chi connectivity index (χ1n) is 6.83. The Kier molecular flexibility index (Phi) is 4.11. The molecule has 1 saturated heterocycles. The quantitative estimate of drug-likeness (QED) is 0.601. The van der Waals surface area contributed by atoms with Gasteiger partial charge >= 0.3 is 0 Å². The first kappa shape index (κ1) is 13.9. The molecule has 0 spiro atoms. The fraction of sp³-hybridized carbons (Fsp3) is 0.562. The van der Waals surface area contributed by atoms with Crippen LogP contribution < -0.4 is 4.74 Å². The molecule has 102 valence electrons. The number of aryl methyl sites for hydroxylation is 2. The number of hydrogen-bond acceptors (Lipinski definition) is 3. The summed E-state index contributed by atoms with van der Waals surface area (Å²) in [7, 11) is 0. The van der Waals surface area contributed by atoms with Crippen LogP contribution in [0.4, 0.5) is 0 Å². The number of benzene rings is 1. The van der Waals surface area contributed by atoms with Crippen molar-refractivity contribution in [2.75, 3.05) is 6.61 Å². The molecule has 0 aromatic heterocycles. The van der Waals surface area contributed by atoms with E-state index in [2.05, 4.69) is 13.0 Å². The number of ether oxygens (including phenoxy) is 2. The molecule has 1 aliphatic heterocycles. The predicted molar refractivity (Wildman–Crippen MR) is 74.4 cm³/mol. The van der Waals surface area contributed by atoms with Crippen molar-refractivity contribution in [2.45, 2.75) is 52.7 Å². The molecule has 1 heterocycles. The van der Waals surface area contributed by atoms with Gasteiger partial charge in [0.15, 0.2) is 0 Å². The predicted octanol–water partition coefficient (Wildman–Crippen LogP) is 3.43. The maximum atomic E-state index is 9.17. The van der Waals surface area contributed by atoms with E-state index in [9.17, 15) is 5.26 Å². The van der Waals surface area contributed by atoms with Crippen LogP contribution in [0.25, 0.3) is 0 Å². The summed E-state index contributed by atoms with van der Waals surface area (Å²) in [4.78, 5) is 0. The van der Waals surface area contributed by atoms with E-state index in [0.29, 0.717) is 18.8 Å². The standard InChI is InChI=1S/C16H21NO2/c1-10-8-11(2)16(12(3)14(10)9-17)18-7-5-6-15-13(4)19-15/h8,13,15H,5-7H2,1-4H3. The van der Waals surface area contributed by atoms with Crippen LogP contribution in [0.1, 0.15) is 42.0 Å². The van der Waals surface area contributed by atoms with Crippen molar-refractivity contribution in [1.82, 2.24) is 0 Å². The number of epoxide rings is 1. The Hall–Kier alpha value is -1.53. The maximum absolute atomic E-state index is 9.17. The van der Waals surface area contributed by atoms with Gasteiger partial charge in [-0.1, -0.05) is 6.07 Å². The zero-order chi connectivity index (χ0) is 14.0. The monoisotopic (exact) mass is 259 g/mol. The Morgan fingerprint density at radius 3 is 2.58 bits per heavy atom. The Balaban J connectivity index is 1.97. The maximum Gasteiger partial charge on any atom is 0.126 e. The second-order valence-electron chi connectivity index (χ2n) is 5.32. The van der Waals surface area contributed by atoms with Crippen molar-refractivity contribution in [3.63, 3.8) is 0 Å². The topological polar surface area (TPSA) is 45.5 Å². The lowest BCUT2D eigenvalue weighted by molar-refractivity contribution is 0.289. The van der Waals surface area contributed by atoms with Gasteiger partial charge < -0.3 is 9.47 Å². The fourth-order valence-corrected chi connectivity index (χ4v) is 2.55. The van der Waals surface area contributed by atoms with Crippen molar-refractivity contribution < 1.29 is 9.47 Å². The molecule has 0 amide bonds. The highest BCUT2D eigenvalue weighted by molar-refractivity contribution is 5.54. The summed E-state index contributed by atoms with van der Waals surface area (Å²) < 4.78 is 11.2. The normalized spacial score (nSPS) is 21.0. The summed E-state index contributed by atoms with van der Waals surface area (Å²) >= 11 is 0. The van der Waals surface area contributed by atoms with Crippen LogP contribution in [-0.2, 0) is 4.74 Å². The molecule has 0 bridgehead atoms. The van der Waals surface area contributed by atoms with Crippen molar-refractivity contribution in [3.8, 4) is 11.8 Å². The first-order chi connectivity index (χ1) is 9.04. The molecule has 19 heavy (non-hydrogen) atoms. The van der Waals surface area contributed by atoms with Crippen LogP contribution in [0.5, 0.6) is 5.75 Å². The average Bonchev–Trinajstić information content (AvgIpc) is 3.04. The smallest absolute Gasteiger partial charge is 0.126 e. The Morgan fingerprint density at radius 1 is 1.32 bits per heavy atom. The molecule has 1 aromatic carbocycles. The van der Waals surface area contributed by atoms with E-state index in [-0.39, 0.29) is 0 Å². The highest BCUT2D eigenvalue weighted by Gasteiger charge is 2.33. The zero-order valence-corrected chi connectivity index (χ0v) is 12.1. The van der Waals surface area contributed by atoms with Gasteiger partial charge in [-0.05, 0) is 51.7 Å². The van der Waals surface area contributed by atoms with Gasteiger partial charge in [0.2, 0.25) is 0 Å². The van der Waals surface area contributed by atoms with Gasteiger partial charge in [0.25, 0.3) is 0 Å². The van der Waals surface area contributed by atoms with Gasteiger partial charge in [0.1, 0.15) is 5.75 Å². The molecule has 3 heteroatoms. The molecule has 1 aromatic rings. The molecule has 1 fully saturated rings. The molecule has 0 radical (unpaired) electrons. The Morgan fingerprint density at radius 2 is 2.00 bits per heavy atom. The summed E-state index contributed by atoms with van der Waals surface area (Å²) in [5, 5.41) is 9.17. The lowest BCUT2D eigenvalue weighted by Crippen LogP contribution is -2.04. The minimum absolute atomic E-state index is 0.424. The van der Waals surface area contributed by atoms with Gasteiger partial charge in [0, 0.05) is 5.56 Å². The van der Waals surface area contributed by atoms with E-state index in [1.807, 2.05) is 26.8 Å². The highest BCUT2D eigenvalue weighted by Crippen LogP contribution is 2.29. The molecule has 2 unspecified atom stereocenters. The molecule has 2 atom stereocenters. The van der Waals surface area contributed by atoms with Crippen molar-refractivity contribution in [3.05, 3.63) is 28.3 Å². The molecule has 3 nitrogen and oxygen atoms in total. The van der Waals surface area contributed by atoms with Crippen LogP contribution in [0.15, 0.2) is 6.07 Å². The second-order valence-corrected chi connectivity index (χ2v) is 5.32. The van der Waals surface area contributed by atoms with Crippen LogP contribution >= 0.6 is 0 Å². The molecule has 0 aliphatic carbocycles. The van der Waals surface area contributed by atoms with Gasteiger partial charge in [0.05, 0.1) is 30.4 Å². The van der Waals surface area contributed by atoms with Crippen molar-refractivity contribution in [1.29, 1.82) is 5.26 Å². The largest absolute Gasteiger partial charge is 0.493 e. The average molecular weight is 259 g/mol. The summed E-state index contributed by atoms with van der Waals surface area (Å²) in [6.45, 7) is 8.73. The third kappa shape index (κ3) is 3.08. The van der Waals surface area contributed by atoms with E-state index in [0.717, 1.165) is 40.8 Å². The van der Waals surface area contributed by atoms with Gasteiger partial charge in [-0.2, -0.15) is 5.26 Å². The summed E-state index contributed by atoms with van der Waals surface area (Å²) in [6, 6.07) is 4.28. The van der Waals surface area contributed by atoms with Crippen LogP contribution in [0.2, 0.25) is 0 Å². The third-order valence-corrected chi connectivity index (χ3v) is 3.73. The van der Waals surface area contributed by atoms with Gasteiger partial charge in [-0.25, -0.2) is 0 Å². The van der Waals surface area contributed by atoms with Gasteiger partial charge in [-0.3, -0.25) is 0 Å². The Bertz CT molecular complexity index is 516. The summed E-state index contributed by atoms with van der Waals surface area (Å²) in [5.74, 6) is 0.868. The zero-order valence-electron chi connectivity index (χ0n) is 12.1. The van der Waals surface area contributed by atoms with Crippen LogP contribution in [0.3, 0.4) is 0 Å². The SMILES string of the molecule is Cc1cc(C)c(OCCCC2OC2C)c(C)c1C#N.